The van der Waals surface area contributed by atoms with Crippen LogP contribution in [0, 0.1) is 17.5 Å². The van der Waals surface area contributed by atoms with Crippen LogP contribution in [0.2, 0.25) is 0 Å². The number of hydrogen-bond acceptors (Lipinski definition) is 3. The molecule has 6 heteroatoms. The maximum Gasteiger partial charge on any atom is 0.194 e. The highest BCUT2D eigenvalue weighted by molar-refractivity contribution is 5.19. The van der Waals surface area contributed by atoms with E-state index in [-0.39, 0.29) is 24.8 Å². The van der Waals surface area contributed by atoms with Gasteiger partial charge in [-0.05, 0) is 24.6 Å². The minimum absolute atomic E-state index is 0.142. The topological polar surface area (TPSA) is 41.5 Å². The van der Waals surface area contributed by atoms with Crippen LogP contribution < -0.4 is 5.32 Å². The van der Waals surface area contributed by atoms with Gasteiger partial charge in [0.15, 0.2) is 17.5 Å². The second-order valence-electron chi connectivity index (χ2n) is 4.84. The van der Waals surface area contributed by atoms with Gasteiger partial charge in [0.2, 0.25) is 0 Å². The number of benzene rings is 1. The van der Waals surface area contributed by atoms with E-state index in [1.54, 1.807) is 6.92 Å². The standard InChI is InChI=1S/C13H16F3NO2/c1-8-13(18,2-3-19-8)7-17-6-9-4-10(14)12(16)11(15)5-9/h4-5,8,17-18H,2-3,6-7H2,1H3. The third-order valence-corrected chi connectivity index (χ3v) is 3.46. The number of hydrogen-bond donors (Lipinski definition) is 2. The van der Waals surface area contributed by atoms with Crippen LogP contribution in [0.25, 0.3) is 0 Å². The fraction of sp³-hybridized carbons (Fsp3) is 0.538. The van der Waals surface area contributed by atoms with Gasteiger partial charge < -0.3 is 15.2 Å². The average Bonchev–Trinajstić information content (AvgIpc) is 2.67. The highest BCUT2D eigenvalue weighted by atomic mass is 19.2. The summed E-state index contributed by atoms with van der Waals surface area (Å²) in [5, 5.41) is 13.1. The van der Waals surface area contributed by atoms with Crippen LogP contribution in [0.3, 0.4) is 0 Å². The first-order valence-electron chi connectivity index (χ1n) is 6.10. The van der Waals surface area contributed by atoms with Crippen LogP contribution in [0.4, 0.5) is 13.2 Å². The Morgan fingerprint density at radius 2 is 2.00 bits per heavy atom. The van der Waals surface area contributed by atoms with E-state index in [2.05, 4.69) is 5.32 Å². The predicted molar refractivity (Wildman–Crippen MR) is 63.0 cm³/mol. The van der Waals surface area contributed by atoms with Crippen LogP contribution in [-0.2, 0) is 11.3 Å². The molecule has 0 saturated carbocycles. The van der Waals surface area contributed by atoms with Crippen molar-refractivity contribution in [3.8, 4) is 0 Å². The minimum atomic E-state index is -1.47. The fourth-order valence-electron chi connectivity index (χ4n) is 2.14. The number of ether oxygens (including phenoxy) is 1. The Hall–Kier alpha value is -1.11. The molecule has 0 bridgehead atoms. The van der Waals surface area contributed by atoms with E-state index in [9.17, 15) is 18.3 Å². The molecule has 0 aromatic heterocycles. The molecule has 1 fully saturated rings. The van der Waals surface area contributed by atoms with Crippen LogP contribution in [0.1, 0.15) is 18.9 Å². The van der Waals surface area contributed by atoms with Gasteiger partial charge in [-0.3, -0.25) is 0 Å². The Bertz CT molecular complexity index is 446. The lowest BCUT2D eigenvalue weighted by Crippen LogP contribution is -2.45. The summed E-state index contributed by atoms with van der Waals surface area (Å²) in [6.45, 7) is 2.64. The molecule has 2 rings (SSSR count). The van der Waals surface area contributed by atoms with Gasteiger partial charge in [0.1, 0.15) is 5.60 Å². The SMILES string of the molecule is CC1OCCC1(O)CNCc1cc(F)c(F)c(F)c1. The molecule has 106 valence electrons. The van der Waals surface area contributed by atoms with Gasteiger partial charge in [0.05, 0.1) is 6.10 Å². The van der Waals surface area contributed by atoms with Crippen molar-refractivity contribution in [1.82, 2.24) is 5.32 Å². The average molecular weight is 275 g/mol. The Morgan fingerprint density at radius 1 is 1.37 bits per heavy atom. The maximum absolute atomic E-state index is 13.0. The van der Waals surface area contributed by atoms with Gasteiger partial charge in [-0.25, -0.2) is 13.2 Å². The second-order valence-corrected chi connectivity index (χ2v) is 4.84. The minimum Gasteiger partial charge on any atom is -0.386 e. The molecule has 0 amide bonds. The van der Waals surface area contributed by atoms with E-state index < -0.39 is 23.1 Å². The molecule has 1 aliphatic heterocycles. The highest BCUT2D eigenvalue weighted by Crippen LogP contribution is 2.24. The molecule has 2 N–H and O–H groups in total. The normalized spacial score (nSPS) is 26.9. The van der Waals surface area contributed by atoms with E-state index in [0.29, 0.717) is 13.0 Å². The molecule has 1 aromatic rings. The monoisotopic (exact) mass is 275 g/mol. The van der Waals surface area contributed by atoms with Crippen molar-refractivity contribution >= 4 is 0 Å². The van der Waals surface area contributed by atoms with Gasteiger partial charge in [-0.2, -0.15) is 0 Å². The maximum atomic E-state index is 13.0. The third kappa shape index (κ3) is 3.08. The Labute approximate surface area is 109 Å². The van der Waals surface area contributed by atoms with E-state index in [4.69, 9.17) is 4.74 Å². The first-order chi connectivity index (χ1) is 8.92. The van der Waals surface area contributed by atoms with Crippen LogP contribution in [-0.4, -0.2) is 30.0 Å². The van der Waals surface area contributed by atoms with Crippen molar-refractivity contribution < 1.29 is 23.0 Å². The molecule has 1 heterocycles. The molecule has 0 radical (unpaired) electrons. The lowest BCUT2D eigenvalue weighted by atomic mass is 9.96. The molecule has 2 unspecified atom stereocenters. The van der Waals surface area contributed by atoms with Crippen molar-refractivity contribution in [2.45, 2.75) is 31.6 Å². The summed E-state index contributed by atoms with van der Waals surface area (Å²) in [6.07, 6.45) is 0.217. The quantitative estimate of drug-likeness (QED) is 0.822. The molecular weight excluding hydrogens is 259 g/mol. The van der Waals surface area contributed by atoms with Gasteiger partial charge in [0, 0.05) is 26.1 Å². The Kier molecular flexibility index (Phi) is 4.13. The third-order valence-electron chi connectivity index (χ3n) is 3.46. The Balaban J connectivity index is 1.93. The summed E-state index contributed by atoms with van der Waals surface area (Å²) in [6, 6.07) is 1.87. The van der Waals surface area contributed by atoms with Crippen molar-refractivity contribution in [3.05, 3.63) is 35.1 Å². The smallest absolute Gasteiger partial charge is 0.194 e. The molecule has 2 atom stereocenters. The van der Waals surface area contributed by atoms with Gasteiger partial charge in [-0.15, -0.1) is 0 Å². The summed E-state index contributed by atoms with van der Waals surface area (Å²) in [7, 11) is 0. The molecule has 0 spiro atoms. The molecule has 1 saturated heterocycles. The largest absolute Gasteiger partial charge is 0.386 e. The first kappa shape index (κ1) is 14.3. The zero-order valence-corrected chi connectivity index (χ0v) is 10.5. The predicted octanol–water partition coefficient (Wildman–Crippen LogP) is 1.73. The number of halogens is 3. The van der Waals surface area contributed by atoms with E-state index in [1.165, 1.54) is 0 Å². The van der Waals surface area contributed by atoms with Crippen molar-refractivity contribution in [3.63, 3.8) is 0 Å². The second kappa shape index (κ2) is 5.48. The summed E-state index contributed by atoms with van der Waals surface area (Å²) >= 11 is 0. The first-order valence-corrected chi connectivity index (χ1v) is 6.10. The summed E-state index contributed by atoms with van der Waals surface area (Å²) < 4.78 is 44.0. The van der Waals surface area contributed by atoms with Crippen molar-refractivity contribution in [2.75, 3.05) is 13.2 Å². The molecular formula is C13H16F3NO2. The van der Waals surface area contributed by atoms with Crippen molar-refractivity contribution in [2.24, 2.45) is 0 Å². The van der Waals surface area contributed by atoms with Crippen LogP contribution >= 0.6 is 0 Å². The van der Waals surface area contributed by atoms with E-state index in [0.717, 1.165) is 12.1 Å². The number of nitrogens with one attached hydrogen (secondary N) is 1. The van der Waals surface area contributed by atoms with Crippen molar-refractivity contribution in [1.29, 1.82) is 0 Å². The Morgan fingerprint density at radius 3 is 2.53 bits per heavy atom. The van der Waals surface area contributed by atoms with E-state index >= 15 is 0 Å². The van der Waals surface area contributed by atoms with Crippen LogP contribution in [0.5, 0.6) is 0 Å². The van der Waals surface area contributed by atoms with Gasteiger partial charge in [-0.1, -0.05) is 0 Å². The lowest BCUT2D eigenvalue weighted by molar-refractivity contribution is -0.0263. The van der Waals surface area contributed by atoms with Gasteiger partial charge >= 0.3 is 0 Å². The zero-order chi connectivity index (χ0) is 14.0. The number of aliphatic hydroxyl groups is 1. The lowest BCUT2D eigenvalue weighted by Gasteiger charge is -2.26. The molecule has 0 aliphatic carbocycles. The zero-order valence-electron chi connectivity index (χ0n) is 10.5. The van der Waals surface area contributed by atoms with Gasteiger partial charge in [0.25, 0.3) is 0 Å². The number of rotatable bonds is 4. The van der Waals surface area contributed by atoms with E-state index in [1.807, 2.05) is 0 Å². The summed E-state index contributed by atoms with van der Waals surface area (Å²) in [5.41, 5.74) is -0.691. The van der Waals surface area contributed by atoms with Crippen LogP contribution in [0.15, 0.2) is 12.1 Å². The fourth-order valence-corrected chi connectivity index (χ4v) is 2.14. The molecule has 3 nitrogen and oxygen atoms in total. The summed E-state index contributed by atoms with van der Waals surface area (Å²) in [5.74, 6) is -3.90. The molecule has 19 heavy (non-hydrogen) atoms. The highest BCUT2D eigenvalue weighted by Gasteiger charge is 2.38. The molecule has 1 aliphatic rings. The molecule has 1 aromatic carbocycles. The summed E-state index contributed by atoms with van der Waals surface area (Å²) in [4.78, 5) is 0.